The van der Waals surface area contributed by atoms with Crippen molar-refractivity contribution < 1.29 is 4.79 Å². The largest absolute Gasteiger partial charge is 0.325 e. The molecule has 1 aromatic heterocycles. The maximum atomic E-state index is 11.9. The number of carbonyl (C=O) groups is 1. The van der Waals surface area contributed by atoms with Crippen LogP contribution in [0.25, 0.3) is 0 Å². The number of carbonyl (C=O) groups excluding carboxylic acids is 1. The van der Waals surface area contributed by atoms with Crippen LogP contribution < -0.4 is 10.9 Å². The van der Waals surface area contributed by atoms with E-state index in [0.29, 0.717) is 5.16 Å². The molecule has 1 aromatic carbocycles. The highest BCUT2D eigenvalue weighted by atomic mass is 32.2. The fraction of sp³-hybridized carbons (Fsp3) is 0.312. The zero-order chi connectivity index (χ0) is 16.2. The van der Waals surface area contributed by atoms with Gasteiger partial charge < -0.3 is 10.3 Å². The SMILES string of the molecule is CC(C)(C)c1ccc(NC(=O)CSc2nccc(=O)[nH]2)cc1. The number of hydrogen-bond acceptors (Lipinski definition) is 4. The number of thioether (sulfide) groups is 1. The van der Waals surface area contributed by atoms with Crippen LogP contribution in [0.2, 0.25) is 0 Å². The molecule has 1 heterocycles. The number of nitrogens with one attached hydrogen (secondary N) is 2. The molecule has 0 aliphatic rings. The minimum atomic E-state index is -0.226. The van der Waals surface area contributed by atoms with Gasteiger partial charge in [-0.1, -0.05) is 44.7 Å². The summed E-state index contributed by atoms with van der Waals surface area (Å²) in [5, 5.41) is 3.26. The van der Waals surface area contributed by atoms with Gasteiger partial charge in [0.25, 0.3) is 5.56 Å². The Kier molecular flexibility index (Phi) is 5.03. The second kappa shape index (κ2) is 6.79. The van der Waals surface area contributed by atoms with Crippen LogP contribution in [-0.2, 0) is 10.2 Å². The summed E-state index contributed by atoms with van der Waals surface area (Å²) in [6.07, 6.45) is 1.42. The second-order valence-electron chi connectivity index (χ2n) is 5.90. The zero-order valence-corrected chi connectivity index (χ0v) is 13.7. The van der Waals surface area contributed by atoms with Crippen molar-refractivity contribution in [3.05, 3.63) is 52.4 Å². The van der Waals surface area contributed by atoms with Gasteiger partial charge in [-0.25, -0.2) is 4.98 Å². The van der Waals surface area contributed by atoms with Gasteiger partial charge in [-0.3, -0.25) is 9.59 Å². The number of hydrogen-bond donors (Lipinski definition) is 2. The molecule has 22 heavy (non-hydrogen) atoms. The van der Waals surface area contributed by atoms with Gasteiger partial charge in [0, 0.05) is 18.0 Å². The lowest BCUT2D eigenvalue weighted by molar-refractivity contribution is -0.113. The Hall–Kier alpha value is -2.08. The molecule has 0 bridgehead atoms. The summed E-state index contributed by atoms with van der Waals surface area (Å²) in [5.74, 6) is 0.0496. The highest BCUT2D eigenvalue weighted by Crippen LogP contribution is 2.23. The highest BCUT2D eigenvalue weighted by Gasteiger charge is 2.13. The molecule has 0 aliphatic carbocycles. The minimum Gasteiger partial charge on any atom is -0.325 e. The van der Waals surface area contributed by atoms with E-state index in [-0.39, 0.29) is 22.6 Å². The summed E-state index contributed by atoms with van der Waals surface area (Å²) in [6.45, 7) is 6.43. The molecule has 1 amide bonds. The monoisotopic (exact) mass is 317 g/mol. The van der Waals surface area contributed by atoms with Gasteiger partial charge in [0.15, 0.2) is 5.16 Å². The lowest BCUT2D eigenvalue weighted by Gasteiger charge is -2.19. The summed E-state index contributed by atoms with van der Waals surface area (Å²) in [6, 6.07) is 9.15. The third-order valence-corrected chi connectivity index (χ3v) is 3.91. The van der Waals surface area contributed by atoms with Gasteiger partial charge >= 0.3 is 0 Å². The fourth-order valence-electron chi connectivity index (χ4n) is 1.81. The van der Waals surface area contributed by atoms with Gasteiger partial charge in [-0.05, 0) is 23.1 Å². The van der Waals surface area contributed by atoms with E-state index in [9.17, 15) is 9.59 Å². The highest BCUT2D eigenvalue weighted by molar-refractivity contribution is 7.99. The lowest BCUT2D eigenvalue weighted by Crippen LogP contribution is -2.16. The van der Waals surface area contributed by atoms with Crippen LogP contribution in [0, 0.1) is 0 Å². The first-order chi connectivity index (χ1) is 10.3. The van der Waals surface area contributed by atoms with Gasteiger partial charge in [-0.15, -0.1) is 0 Å². The van der Waals surface area contributed by atoms with Crippen molar-refractivity contribution in [1.82, 2.24) is 9.97 Å². The van der Waals surface area contributed by atoms with Gasteiger partial charge in [0.2, 0.25) is 5.91 Å². The van der Waals surface area contributed by atoms with Crippen molar-refractivity contribution in [2.45, 2.75) is 31.3 Å². The van der Waals surface area contributed by atoms with E-state index in [1.807, 2.05) is 24.3 Å². The standard InChI is InChI=1S/C16H19N3O2S/c1-16(2,3)11-4-6-12(7-5-11)18-14(21)10-22-15-17-9-8-13(20)19-15/h4-9H,10H2,1-3H3,(H,18,21)(H,17,19,20). The smallest absolute Gasteiger partial charge is 0.251 e. The van der Waals surface area contributed by atoms with Crippen molar-refractivity contribution in [2.75, 3.05) is 11.1 Å². The zero-order valence-electron chi connectivity index (χ0n) is 12.8. The summed E-state index contributed by atoms with van der Waals surface area (Å²) >= 11 is 1.19. The number of benzene rings is 1. The normalized spacial score (nSPS) is 11.2. The molecule has 5 nitrogen and oxygen atoms in total. The van der Waals surface area contributed by atoms with Crippen LogP contribution in [0.15, 0.2) is 46.5 Å². The number of aromatic nitrogens is 2. The van der Waals surface area contributed by atoms with Gasteiger partial charge in [0.05, 0.1) is 5.75 Å². The fourth-order valence-corrected chi connectivity index (χ4v) is 2.46. The number of H-pyrrole nitrogens is 1. The summed E-state index contributed by atoms with van der Waals surface area (Å²) in [7, 11) is 0. The predicted octanol–water partition coefficient (Wildman–Crippen LogP) is 2.80. The number of anilines is 1. The van der Waals surface area contributed by atoms with E-state index in [1.54, 1.807) is 0 Å². The van der Waals surface area contributed by atoms with Crippen LogP contribution in [0.1, 0.15) is 26.3 Å². The summed E-state index contributed by atoms with van der Waals surface area (Å²) < 4.78 is 0. The Morgan fingerprint density at radius 2 is 1.91 bits per heavy atom. The molecule has 2 aromatic rings. The molecular formula is C16H19N3O2S. The molecule has 0 unspecified atom stereocenters. The van der Waals surface area contributed by atoms with Crippen molar-refractivity contribution in [2.24, 2.45) is 0 Å². The van der Waals surface area contributed by atoms with Gasteiger partial charge in [-0.2, -0.15) is 0 Å². The average molecular weight is 317 g/mol. The maximum absolute atomic E-state index is 11.9. The molecule has 116 valence electrons. The Balaban J connectivity index is 1.91. The molecule has 2 rings (SSSR count). The molecule has 0 saturated carbocycles. The first-order valence-corrected chi connectivity index (χ1v) is 7.92. The number of amides is 1. The van der Waals surface area contributed by atoms with Crippen LogP contribution in [-0.4, -0.2) is 21.6 Å². The van der Waals surface area contributed by atoms with Crippen LogP contribution >= 0.6 is 11.8 Å². The Morgan fingerprint density at radius 3 is 2.50 bits per heavy atom. The van der Waals surface area contributed by atoms with Crippen LogP contribution in [0.4, 0.5) is 5.69 Å². The van der Waals surface area contributed by atoms with Gasteiger partial charge in [0.1, 0.15) is 0 Å². The van der Waals surface area contributed by atoms with E-state index in [4.69, 9.17) is 0 Å². The van der Waals surface area contributed by atoms with E-state index in [1.165, 1.54) is 29.6 Å². The first-order valence-electron chi connectivity index (χ1n) is 6.93. The van der Waals surface area contributed by atoms with Crippen molar-refractivity contribution in [3.8, 4) is 0 Å². The first kappa shape index (κ1) is 16.3. The molecule has 6 heteroatoms. The lowest BCUT2D eigenvalue weighted by atomic mass is 9.87. The molecular weight excluding hydrogens is 298 g/mol. The van der Waals surface area contributed by atoms with Crippen molar-refractivity contribution in [1.29, 1.82) is 0 Å². The molecule has 0 spiro atoms. The van der Waals surface area contributed by atoms with Crippen molar-refractivity contribution in [3.63, 3.8) is 0 Å². The third kappa shape index (κ3) is 4.73. The average Bonchev–Trinajstić information content (AvgIpc) is 2.45. The molecule has 0 fully saturated rings. The topological polar surface area (TPSA) is 74.8 Å². The predicted molar refractivity (Wildman–Crippen MR) is 89.4 cm³/mol. The van der Waals surface area contributed by atoms with E-state index >= 15 is 0 Å². The second-order valence-corrected chi connectivity index (χ2v) is 6.87. The van der Waals surface area contributed by atoms with E-state index in [2.05, 4.69) is 36.1 Å². The number of aromatic amines is 1. The molecule has 2 N–H and O–H groups in total. The van der Waals surface area contributed by atoms with E-state index in [0.717, 1.165) is 5.69 Å². The Bertz CT molecular complexity index is 702. The Labute approximate surface area is 133 Å². The Morgan fingerprint density at radius 1 is 1.23 bits per heavy atom. The quantitative estimate of drug-likeness (QED) is 0.671. The molecule has 0 saturated heterocycles. The van der Waals surface area contributed by atoms with Crippen molar-refractivity contribution >= 4 is 23.4 Å². The minimum absolute atomic E-state index is 0.0865. The van der Waals surface area contributed by atoms with Crippen LogP contribution in [0.5, 0.6) is 0 Å². The summed E-state index contributed by atoms with van der Waals surface area (Å²) in [4.78, 5) is 29.6. The van der Waals surface area contributed by atoms with Crippen LogP contribution in [0.3, 0.4) is 0 Å². The molecule has 0 radical (unpaired) electrons. The molecule has 0 aliphatic heterocycles. The maximum Gasteiger partial charge on any atom is 0.251 e. The number of nitrogens with zero attached hydrogens (tertiary/aromatic N) is 1. The number of rotatable bonds is 4. The molecule has 0 atom stereocenters. The summed E-state index contributed by atoms with van der Waals surface area (Å²) in [5.41, 5.74) is 1.83. The third-order valence-electron chi connectivity index (χ3n) is 3.02. The van der Waals surface area contributed by atoms with E-state index < -0.39 is 0 Å².